The average Bonchev–Trinajstić information content (AvgIpc) is 2.42. The minimum atomic E-state index is -0.428. The summed E-state index contributed by atoms with van der Waals surface area (Å²) in [6, 6.07) is 4.53. The van der Waals surface area contributed by atoms with Gasteiger partial charge in [0.05, 0.1) is 10.4 Å². The van der Waals surface area contributed by atoms with Gasteiger partial charge in [-0.25, -0.2) is 0 Å². The van der Waals surface area contributed by atoms with Gasteiger partial charge in [0.2, 0.25) is 0 Å². The van der Waals surface area contributed by atoms with Crippen LogP contribution in [-0.2, 0) is 12.6 Å². The Kier molecular flexibility index (Phi) is 1.86. The van der Waals surface area contributed by atoms with Crippen LogP contribution in [0.4, 0.5) is 5.69 Å². The molecule has 1 heterocycles. The highest BCUT2D eigenvalue weighted by atomic mass is 32.2. The molecule has 0 atom stereocenters. The SMILES string of the molecule is O=[N+]([O-])c1ccc2nc([S-])sc2c1. The van der Waals surface area contributed by atoms with E-state index in [4.69, 9.17) is 12.6 Å². The number of aromatic nitrogens is 1. The Morgan fingerprint density at radius 2 is 2.31 bits per heavy atom. The lowest BCUT2D eigenvalue weighted by atomic mass is 10.3. The number of hydrogen-bond acceptors (Lipinski definition) is 5. The van der Waals surface area contributed by atoms with Gasteiger partial charge >= 0.3 is 0 Å². The standard InChI is InChI=1S/C7H4N2O2S2/c10-9(11)4-1-2-5-6(3-4)13-7(12)8-5/h1-3H,(H,8,12)/p-1. The molecule has 13 heavy (non-hydrogen) atoms. The summed E-state index contributed by atoms with van der Waals surface area (Å²) in [6.07, 6.45) is 0. The third kappa shape index (κ3) is 1.45. The molecule has 0 N–H and O–H groups in total. The maximum atomic E-state index is 10.4. The summed E-state index contributed by atoms with van der Waals surface area (Å²) in [5.41, 5.74) is 0.798. The highest BCUT2D eigenvalue weighted by Crippen LogP contribution is 2.25. The maximum Gasteiger partial charge on any atom is 0.269 e. The lowest BCUT2D eigenvalue weighted by Gasteiger charge is -1.91. The minimum Gasteiger partial charge on any atom is -0.408 e. The first-order valence-corrected chi connectivity index (χ1v) is 4.61. The first kappa shape index (κ1) is 8.33. The Bertz CT molecular complexity index is 480. The predicted molar refractivity (Wildman–Crippen MR) is 51.9 cm³/mol. The quantitative estimate of drug-likeness (QED) is 0.412. The summed E-state index contributed by atoms with van der Waals surface area (Å²) in [5.74, 6) is 0. The zero-order chi connectivity index (χ0) is 9.42. The van der Waals surface area contributed by atoms with E-state index in [1.54, 1.807) is 6.07 Å². The van der Waals surface area contributed by atoms with Crippen LogP contribution in [0.1, 0.15) is 0 Å². The molecule has 0 aliphatic rings. The van der Waals surface area contributed by atoms with Gasteiger partial charge in [-0.05, 0) is 15.1 Å². The zero-order valence-electron chi connectivity index (χ0n) is 6.26. The van der Waals surface area contributed by atoms with Crippen LogP contribution in [-0.4, -0.2) is 9.91 Å². The summed E-state index contributed by atoms with van der Waals surface area (Å²) in [7, 11) is 0. The topological polar surface area (TPSA) is 56.0 Å². The number of rotatable bonds is 1. The van der Waals surface area contributed by atoms with Crippen LogP contribution in [0.3, 0.4) is 0 Å². The van der Waals surface area contributed by atoms with Crippen molar-refractivity contribution in [3.63, 3.8) is 0 Å². The van der Waals surface area contributed by atoms with E-state index in [-0.39, 0.29) is 5.69 Å². The van der Waals surface area contributed by atoms with Crippen LogP contribution >= 0.6 is 11.3 Å². The van der Waals surface area contributed by atoms with Crippen molar-refractivity contribution in [1.82, 2.24) is 4.98 Å². The molecule has 1 aromatic carbocycles. The molecular weight excluding hydrogens is 208 g/mol. The summed E-state index contributed by atoms with van der Waals surface area (Å²) in [6.45, 7) is 0. The number of non-ortho nitro benzene ring substituents is 1. The maximum absolute atomic E-state index is 10.4. The molecule has 0 bridgehead atoms. The lowest BCUT2D eigenvalue weighted by molar-refractivity contribution is -0.384. The molecule has 0 saturated heterocycles. The summed E-state index contributed by atoms with van der Waals surface area (Å²) in [5, 5.41) is 10.4. The third-order valence-corrected chi connectivity index (χ3v) is 2.72. The predicted octanol–water partition coefficient (Wildman–Crippen LogP) is 2.11. The minimum absolute atomic E-state index is 0.0751. The molecular formula is C7H3N2O2S2-. The molecule has 1 aromatic heterocycles. The van der Waals surface area contributed by atoms with Gasteiger partial charge in [0.1, 0.15) is 0 Å². The van der Waals surface area contributed by atoms with Crippen LogP contribution in [0.15, 0.2) is 22.5 Å². The van der Waals surface area contributed by atoms with Crippen LogP contribution < -0.4 is 0 Å². The second kappa shape index (κ2) is 2.90. The zero-order valence-corrected chi connectivity index (χ0v) is 7.89. The van der Waals surface area contributed by atoms with Crippen molar-refractivity contribution < 1.29 is 4.92 Å². The fourth-order valence-corrected chi connectivity index (χ4v) is 2.10. The molecule has 0 radical (unpaired) electrons. The van der Waals surface area contributed by atoms with Gasteiger partial charge < -0.3 is 24.0 Å². The fourth-order valence-electron chi connectivity index (χ4n) is 1.01. The van der Waals surface area contributed by atoms with Gasteiger partial charge in [0, 0.05) is 12.1 Å². The van der Waals surface area contributed by atoms with Gasteiger partial charge in [-0.15, -0.1) is 0 Å². The fraction of sp³-hybridized carbons (Fsp3) is 0. The Balaban J connectivity index is 2.67. The van der Waals surface area contributed by atoms with Crippen molar-refractivity contribution in [2.45, 2.75) is 4.34 Å². The smallest absolute Gasteiger partial charge is 0.269 e. The van der Waals surface area contributed by atoms with E-state index in [2.05, 4.69) is 4.98 Å². The molecule has 0 unspecified atom stereocenters. The summed E-state index contributed by atoms with van der Waals surface area (Å²) in [4.78, 5) is 14.0. The highest BCUT2D eigenvalue weighted by Gasteiger charge is 2.04. The van der Waals surface area contributed by atoms with Crippen molar-refractivity contribution in [2.75, 3.05) is 0 Å². The number of nitro benzene ring substituents is 1. The number of hydrogen-bond donors (Lipinski definition) is 0. The third-order valence-electron chi connectivity index (χ3n) is 1.56. The van der Waals surface area contributed by atoms with Crippen molar-refractivity contribution >= 4 is 39.9 Å². The Morgan fingerprint density at radius 1 is 1.54 bits per heavy atom. The summed E-state index contributed by atoms with van der Waals surface area (Å²) >= 11 is 6.14. The van der Waals surface area contributed by atoms with Crippen LogP contribution in [0, 0.1) is 10.1 Å². The molecule has 0 aliphatic carbocycles. The molecule has 0 amide bonds. The van der Waals surface area contributed by atoms with E-state index in [1.807, 2.05) is 0 Å². The number of benzene rings is 1. The van der Waals surface area contributed by atoms with Crippen LogP contribution in [0.2, 0.25) is 0 Å². The van der Waals surface area contributed by atoms with Crippen molar-refractivity contribution in [3.05, 3.63) is 28.3 Å². The van der Waals surface area contributed by atoms with E-state index in [1.165, 1.54) is 23.5 Å². The molecule has 66 valence electrons. The number of fused-ring (bicyclic) bond motifs is 1. The van der Waals surface area contributed by atoms with Crippen LogP contribution in [0.25, 0.3) is 10.2 Å². The molecule has 6 heteroatoms. The number of nitrogens with zero attached hydrogens (tertiary/aromatic N) is 2. The van der Waals surface area contributed by atoms with Gasteiger partial charge in [0.15, 0.2) is 0 Å². The highest BCUT2D eigenvalue weighted by molar-refractivity contribution is 7.63. The molecule has 2 rings (SSSR count). The van der Waals surface area contributed by atoms with Crippen LogP contribution in [0.5, 0.6) is 0 Å². The normalized spacial score (nSPS) is 10.5. The van der Waals surface area contributed by atoms with E-state index in [0.717, 1.165) is 10.2 Å². The second-order valence-corrected chi connectivity index (χ2v) is 4.06. The first-order valence-electron chi connectivity index (χ1n) is 3.39. The van der Waals surface area contributed by atoms with Gasteiger partial charge in [-0.2, -0.15) is 0 Å². The van der Waals surface area contributed by atoms with Gasteiger partial charge in [0.25, 0.3) is 5.69 Å². The number of thiazole rings is 1. The Hall–Kier alpha value is -1.27. The van der Waals surface area contributed by atoms with Gasteiger partial charge in [-0.3, -0.25) is 15.1 Å². The molecule has 0 spiro atoms. The molecule has 4 nitrogen and oxygen atoms in total. The van der Waals surface area contributed by atoms with E-state index >= 15 is 0 Å². The van der Waals surface area contributed by atoms with Gasteiger partial charge in [-0.1, -0.05) is 0 Å². The lowest BCUT2D eigenvalue weighted by Crippen LogP contribution is -1.85. The largest absolute Gasteiger partial charge is 0.408 e. The van der Waals surface area contributed by atoms with Crippen molar-refractivity contribution in [3.8, 4) is 0 Å². The van der Waals surface area contributed by atoms with Crippen molar-refractivity contribution in [2.24, 2.45) is 0 Å². The Labute approximate surface area is 82.8 Å². The monoisotopic (exact) mass is 211 g/mol. The summed E-state index contributed by atoms with van der Waals surface area (Å²) < 4.78 is 1.27. The molecule has 2 aromatic rings. The molecule has 0 aliphatic heterocycles. The van der Waals surface area contributed by atoms with E-state index < -0.39 is 4.92 Å². The van der Waals surface area contributed by atoms with E-state index in [0.29, 0.717) is 4.34 Å². The molecule has 0 fully saturated rings. The average molecular weight is 211 g/mol. The Morgan fingerprint density at radius 3 is 3.00 bits per heavy atom. The number of nitro groups is 1. The molecule has 0 saturated carbocycles. The first-order chi connectivity index (χ1) is 6.16. The van der Waals surface area contributed by atoms with E-state index in [9.17, 15) is 10.1 Å². The second-order valence-electron chi connectivity index (χ2n) is 2.39. The van der Waals surface area contributed by atoms with Crippen molar-refractivity contribution in [1.29, 1.82) is 0 Å².